The minimum atomic E-state index is 0.864. The van der Waals surface area contributed by atoms with Gasteiger partial charge in [0.2, 0.25) is 0 Å². The van der Waals surface area contributed by atoms with Crippen molar-refractivity contribution >= 4 is 21.7 Å². The predicted molar refractivity (Wildman–Crippen MR) is 87.1 cm³/mol. The van der Waals surface area contributed by atoms with Crippen LogP contribution >= 0.6 is 15.9 Å². The number of halogens is 1. The molecule has 4 heteroatoms. The van der Waals surface area contributed by atoms with Crippen LogP contribution in [0.1, 0.15) is 30.4 Å². The van der Waals surface area contributed by atoms with Gasteiger partial charge in [0.1, 0.15) is 11.6 Å². The molecule has 1 aromatic heterocycles. The standard InChI is InChI=1S/C16H20BrN3/c1-3-7-13-15(17)16(18-2)20-14(19-13)11-10-12-8-5-4-6-9-12/h4-6,8-9H,3,7,10-11H2,1-2H3,(H,18,19,20). The van der Waals surface area contributed by atoms with Gasteiger partial charge in [0.15, 0.2) is 0 Å². The zero-order chi connectivity index (χ0) is 14.4. The largest absolute Gasteiger partial charge is 0.372 e. The Morgan fingerprint density at radius 3 is 2.45 bits per heavy atom. The number of anilines is 1. The zero-order valence-electron chi connectivity index (χ0n) is 12.0. The Labute approximate surface area is 129 Å². The van der Waals surface area contributed by atoms with Gasteiger partial charge in [-0.3, -0.25) is 0 Å². The zero-order valence-corrected chi connectivity index (χ0v) is 13.6. The summed E-state index contributed by atoms with van der Waals surface area (Å²) in [7, 11) is 1.89. The number of rotatable bonds is 6. The molecule has 1 N–H and O–H groups in total. The molecule has 0 aliphatic carbocycles. The summed E-state index contributed by atoms with van der Waals surface area (Å²) in [6.07, 6.45) is 3.88. The minimum Gasteiger partial charge on any atom is -0.372 e. The van der Waals surface area contributed by atoms with Gasteiger partial charge < -0.3 is 5.32 Å². The third-order valence-corrected chi connectivity index (χ3v) is 4.00. The second-order valence-corrected chi connectivity index (χ2v) is 5.53. The fourth-order valence-electron chi connectivity index (χ4n) is 2.13. The van der Waals surface area contributed by atoms with E-state index < -0.39 is 0 Å². The number of aryl methyl sites for hydroxylation is 3. The average molecular weight is 334 g/mol. The molecule has 0 unspecified atom stereocenters. The first-order valence-electron chi connectivity index (χ1n) is 7.01. The van der Waals surface area contributed by atoms with E-state index in [2.05, 4.69) is 62.4 Å². The van der Waals surface area contributed by atoms with Crippen molar-refractivity contribution < 1.29 is 0 Å². The molecular formula is C16H20BrN3. The normalized spacial score (nSPS) is 10.6. The summed E-state index contributed by atoms with van der Waals surface area (Å²) >= 11 is 3.59. The fraction of sp³-hybridized carbons (Fsp3) is 0.375. The van der Waals surface area contributed by atoms with E-state index in [-0.39, 0.29) is 0 Å². The maximum atomic E-state index is 4.69. The Hall–Kier alpha value is -1.42. The summed E-state index contributed by atoms with van der Waals surface area (Å²) in [6, 6.07) is 10.5. The molecule has 0 saturated heterocycles. The molecule has 0 radical (unpaired) electrons. The molecule has 2 rings (SSSR count). The molecule has 2 aromatic rings. The Kier molecular flexibility index (Phi) is 5.53. The molecule has 0 bridgehead atoms. The lowest BCUT2D eigenvalue weighted by atomic mass is 10.1. The van der Waals surface area contributed by atoms with Crippen LogP contribution in [0.4, 0.5) is 5.82 Å². The minimum absolute atomic E-state index is 0.864. The smallest absolute Gasteiger partial charge is 0.144 e. The molecule has 20 heavy (non-hydrogen) atoms. The van der Waals surface area contributed by atoms with Crippen molar-refractivity contribution in [3.05, 3.63) is 51.9 Å². The van der Waals surface area contributed by atoms with Gasteiger partial charge in [0, 0.05) is 13.5 Å². The van der Waals surface area contributed by atoms with E-state index in [0.717, 1.165) is 47.5 Å². The fourth-order valence-corrected chi connectivity index (χ4v) is 2.70. The van der Waals surface area contributed by atoms with E-state index in [0.29, 0.717) is 0 Å². The molecule has 0 aliphatic heterocycles. The lowest BCUT2D eigenvalue weighted by Crippen LogP contribution is -2.07. The van der Waals surface area contributed by atoms with Crippen molar-refractivity contribution in [3.63, 3.8) is 0 Å². The second kappa shape index (κ2) is 7.39. The average Bonchev–Trinajstić information content (AvgIpc) is 2.49. The molecule has 0 atom stereocenters. The van der Waals surface area contributed by atoms with Gasteiger partial charge >= 0.3 is 0 Å². The molecule has 1 heterocycles. The van der Waals surface area contributed by atoms with Crippen LogP contribution in [-0.2, 0) is 19.3 Å². The van der Waals surface area contributed by atoms with E-state index in [9.17, 15) is 0 Å². The third-order valence-electron chi connectivity index (χ3n) is 3.17. The van der Waals surface area contributed by atoms with Crippen molar-refractivity contribution in [1.82, 2.24) is 9.97 Å². The van der Waals surface area contributed by atoms with E-state index in [1.54, 1.807) is 0 Å². The Bertz CT molecular complexity index is 555. The van der Waals surface area contributed by atoms with Gasteiger partial charge in [-0.05, 0) is 34.3 Å². The van der Waals surface area contributed by atoms with Crippen molar-refractivity contribution in [2.45, 2.75) is 32.6 Å². The van der Waals surface area contributed by atoms with Crippen LogP contribution in [0.5, 0.6) is 0 Å². The summed E-state index contributed by atoms with van der Waals surface area (Å²) in [5.74, 6) is 1.79. The van der Waals surface area contributed by atoms with Crippen LogP contribution in [0.3, 0.4) is 0 Å². The van der Waals surface area contributed by atoms with Gasteiger partial charge in [0.05, 0.1) is 10.2 Å². The van der Waals surface area contributed by atoms with Gasteiger partial charge in [0.25, 0.3) is 0 Å². The van der Waals surface area contributed by atoms with E-state index >= 15 is 0 Å². The summed E-state index contributed by atoms with van der Waals surface area (Å²) < 4.78 is 0.991. The SMILES string of the molecule is CCCc1nc(CCc2ccccc2)nc(NC)c1Br. The molecule has 106 valence electrons. The van der Waals surface area contributed by atoms with Gasteiger partial charge in [-0.25, -0.2) is 9.97 Å². The third kappa shape index (κ3) is 3.79. The van der Waals surface area contributed by atoms with Crippen LogP contribution in [-0.4, -0.2) is 17.0 Å². The number of nitrogens with one attached hydrogen (secondary N) is 1. The first kappa shape index (κ1) is 15.0. The van der Waals surface area contributed by atoms with Crippen LogP contribution in [0.25, 0.3) is 0 Å². The topological polar surface area (TPSA) is 37.8 Å². The van der Waals surface area contributed by atoms with Crippen molar-refractivity contribution in [1.29, 1.82) is 0 Å². The molecule has 3 nitrogen and oxygen atoms in total. The molecule has 0 amide bonds. The van der Waals surface area contributed by atoms with Crippen LogP contribution < -0.4 is 5.32 Å². The number of aromatic nitrogens is 2. The summed E-state index contributed by atoms with van der Waals surface area (Å²) in [6.45, 7) is 2.16. The maximum absolute atomic E-state index is 4.69. The number of hydrogen-bond donors (Lipinski definition) is 1. The molecule has 0 aliphatic rings. The molecular weight excluding hydrogens is 314 g/mol. The highest BCUT2D eigenvalue weighted by Crippen LogP contribution is 2.24. The van der Waals surface area contributed by atoms with Crippen LogP contribution in [0.2, 0.25) is 0 Å². The quantitative estimate of drug-likeness (QED) is 0.867. The highest BCUT2D eigenvalue weighted by atomic mass is 79.9. The number of nitrogens with zero attached hydrogens (tertiary/aromatic N) is 2. The lowest BCUT2D eigenvalue weighted by Gasteiger charge is -2.10. The molecule has 0 spiro atoms. The van der Waals surface area contributed by atoms with Crippen LogP contribution in [0.15, 0.2) is 34.8 Å². The molecule has 0 saturated carbocycles. The first-order chi connectivity index (χ1) is 9.74. The highest BCUT2D eigenvalue weighted by Gasteiger charge is 2.10. The van der Waals surface area contributed by atoms with Crippen molar-refractivity contribution in [3.8, 4) is 0 Å². The Morgan fingerprint density at radius 1 is 1.05 bits per heavy atom. The maximum Gasteiger partial charge on any atom is 0.144 e. The van der Waals surface area contributed by atoms with Gasteiger partial charge in [-0.2, -0.15) is 0 Å². The second-order valence-electron chi connectivity index (χ2n) is 4.73. The van der Waals surface area contributed by atoms with Crippen LogP contribution in [0, 0.1) is 0 Å². The van der Waals surface area contributed by atoms with Crippen molar-refractivity contribution in [2.24, 2.45) is 0 Å². The number of benzene rings is 1. The van der Waals surface area contributed by atoms with E-state index in [4.69, 9.17) is 0 Å². The molecule has 0 fully saturated rings. The number of hydrogen-bond acceptors (Lipinski definition) is 3. The Morgan fingerprint density at radius 2 is 1.80 bits per heavy atom. The monoisotopic (exact) mass is 333 g/mol. The highest BCUT2D eigenvalue weighted by molar-refractivity contribution is 9.10. The van der Waals surface area contributed by atoms with Crippen molar-refractivity contribution in [2.75, 3.05) is 12.4 Å². The van der Waals surface area contributed by atoms with E-state index in [1.165, 1.54) is 5.56 Å². The van der Waals surface area contributed by atoms with Gasteiger partial charge in [-0.15, -0.1) is 0 Å². The molecule has 1 aromatic carbocycles. The predicted octanol–water partition coefficient (Wildman–Crippen LogP) is 4.02. The first-order valence-corrected chi connectivity index (χ1v) is 7.80. The van der Waals surface area contributed by atoms with Gasteiger partial charge in [-0.1, -0.05) is 43.7 Å². The Balaban J connectivity index is 2.16. The summed E-state index contributed by atoms with van der Waals surface area (Å²) in [5.41, 5.74) is 2.41. The van der Waals surface area contributed by atoms with E-state index in [1.807, 2.05) is 13.1 Å². The lowest BCUT2D eigenvalue weighted by molar-refractivity contribution is 0.802. The summed E-state index contributed by atoms with van der Waals surface area (Å²) in [5, 5.41) is 3.13. The summed E-state index contributed by atoms with van der Waals surface area (Å²) in [4.78, 5) is 9.27.